The normalized spacial score (nSPS) is 12.5. The van der Waals surface area contributed by atoms with Gasteiger partial charge in [-0.05, 0) is 17.7 Å². The van der Waals surface area contributed by atoms with Crippen molar-refractivity contribution in [3.63, 3.8) is 0 Å². The second-order valence-corrected chi connectivity index (χ2v) is 3.14. The Kier molecular flexibility index (Phi) is 3.20. The van der Waals surface area contributed by atoms with Crippen molar-refractivity contribution in [1.29, 1.82) is 0 Å². The zero-order valence-electron chi connectivity index (χ0n) is 7.76. The second-order valence-electron chi connectivity index (χ2n) is 3.14. The van der Waals surface area contributed by atoms with E-state index in [1.807, 2.05) is 6.92 Å². The molecule has 0 aliphatic carbocycles. The largest absolute Gasteiger partial charge is 0.327 e. The first-order chi connectivity index (χ1) is 6.15. The molecule has 2 N–H and O–H groups in total. The van der Waals surface area contributed by atoms with Crippen molar-refractivity contribution < 1.29 is 4.39 Å². The van der Waals surface area contributed by atoms with Crippen LogP contribution >= 0.6 is 0 Å². The number of halogens is 1. The average Bonchev–Trinajstić information content (AvgIpc) is 2.17. The molecule has 70 valence electrons. The van der Waals surface area contributed by atoms with Crippen LogP contribution in [-0.2, 0) is 0 Å². The zero-order chi connectivity index (χ0) is 9.84. The lowest BCUT2D eigenvalue weighted by molar-refractivity contribution is 0.626. The van der Waals surface area contributed by atoms with E-state index in [9.17, 15) is 4.39 Å². The Morgan fingerprint density at radius 3 is 2.46 bits per heavy atom. The highest BCUT2D eigenvalue weighted by molar-refractivity contribution is 5.27. The van der Waals surface area contributed by atoms with E-state index in [1.165, 1.54) is 12.1 Å². The Morgan fingerprint density at radius 1 is 1.46 bits per heavy atom. The molecule has 0 saturated heterocycles. The third-order valence-corrected chi connectivity index (χ3v) is 2.24. The summed E-state index contributed by atoms with van der Waals surface area (Å²) in [6.45, 7) is 6.34. The monoisotopic (exact) mass is 179 g/mol. The van der Waals surface area contributed by atoms with E-state index in [4.69, 9.17) is 5.73 Å². The number of hydrogen-bond donors (Lipinski definition) is 1. The molecule has 0 aliphatic heterocycles. The Morgan fingerprint density at radius 2 is 2.00 bits per heavy atom. The Bertz CT molecular complexity index is 289. The van der Waals surface area contributed by atoms with Crippen LogP contribution in [0.3, 0.4) is 0 Å². The highest BCUT2D eigenvalue weighted by Crippen LogP contribution is 2.21. The summed E-state index contributed by atoms with van der Waals surface area (Å²) in [4.78, 5) is 0. The van der Waals surface area contributed by atoms with Crippen molar-refractivity contribution in [2.45, 2.75) is 12.8 Å². The van der Waals surface area contributed by atoms with Gasteiger partial charge in [-0.15, -0.1) is 0 Å². The van der Waals surface area contributed by atoms with Gasteiger partial charge < -0.3 is 5.73 Å². The van der Waals surface area contributed by atoms with Crippen LogP contribution < -0.4 is 5.73 Å². The summed E-state index contributed by atoms with van der Waals surface area (Å²) in [6.07, 6.45) is 0. The topological polar surface area (TPSA) is 26.0 Å². The molecule has 1 unspecified atom stereocenters. The molecule has 0 aromatic heterocycles. The Hall–Kier alpha value is -1.15. The maximum Gasteiger partial charge on any atom is 0.123 e. The van der Waals surface area contributed by atoms with Crippen LogP contribution in [0, 0.1) is 5.82 Å². The predicted octanol–water partition coefficient (Wildman–Crippen LogP) is 2.44. The summed E-state index contributed by atoms with van der Waals surface area (Å²) in [6, 6.07) is 6.44. The van der Waals surface area contributed by atoms with Gasteiger partial charge in [0.05, 0.1) is 0 Å². The smallest absolute Gasteiger partial charge is 0.123 e. The molecule has 0 spiro atoms. The number of nitrogens with two attached hydrogens (primary N) is 1. The van der Waals surface area contributed by atoms with Gasteiger partial charge in [-0.1, -0.05) is 31.2 Å². The number of benzene rings is 1. The standard InChI is InChI=1S/C11H14FN/c1-8(7-13)9(2)10-3-5-11(12)6-4-10/h3-6,9H,1,7,13H2,2H3. The van der Waals surface area contributed by atoms with Gasteiger partial charge in [0.15, 0.2) is 0 Å². The van der Waals surface area contributed by atoms with Crippen molar-refractivity contribution >= 4 is 0 Å². The summed E-state index contributed by atoms with van der Waals surface area (Å²) in [5, 5.41) is 0. The minimum absolute atomic E-state index is 0.200. The predicted molar refractivity (Wildman–Crippen MR) is 53.0 cm³/mol. The third-order valence-electron chi connectivity index (χ3n) is 2.24. The molecule has 2 heteroatoms. The lowest BCUT2D eigenvalue weighted by atomic mass is 9.94. The van der Waals surface area contributed by atoms with Gasteiger partial charge in [0.2, 0.25) is 0 Å². The van der Waals surface area contributed by atoms with Crippen LogP contribution in [0.1, 0.15) is 18.4 Å². The van der Waals surface area contributed by atoms with Crippen LogP contribution in [0.5, 0.6) is 0 Å². The number of hydrogen-bond acceptors (Lipinski definition) is 1. The van der Waals surface area contributed by atoms with Crippen LogP contribution in [-0.4, -0.2) is 6.54 Å². The molecule has 0 bridgehead atoms. The van der Waals surface area contributed by atoms with Crippen molar-refractivity contribution in [3.8, 4) is 0 Å². The molecule has 1 rings (SSSR count). The maximum atomic E-state index is 12.6. The average molecular weight is 179 g/mol. The molecule has 1 atom stereocenters. The SMILES string of the molecule is C=C(CN)C(C)c1ccc(F)cc1. The third kappa shape index (κ3) is 2.39. The molecule has 13 heavy (non-hydrogen) atoms. The minimum Gasteiger partial charge on any atom is -0.327 e. The molecular formula is C11H14FN. The van der Waals surface area contributed by atoms with Gasteiger partial charge in [-0.25, -0.2) is 4.39 Å². The van der Waals surface area contributed by atoms with Crippen molar-refractivity contribution in [2.75, 3.05) is 6.54 Å². The summed E-state index contributed by atoms with van der Waals surface area (Å²) < 4.78 is 12.6. The molecule has 0 fully saturated rings. The molecule has 0 amide bonds. The molecule has 1 nitrogen and oxygen atoms in total. The zero-order valence-corrected chi connectivity index (χ0v) is 7.76. The summed E-state index contributed by atoms with van der Waals surface area (Å²) in [5.41, 5.74) is 7.48. The lowest BCUT2D eigenvalue weighted by Crippen LogP contribution is -2.08. The fourth-order valence-corrected chi connectivity index (χ4v) is 1.16. The van der Waals surface area contributed by atoms with Gasteiger partial charge in [0.25, 0.3) is 0 Å². The van der Waals surface area contributed by atoms with E-state index in [0.717, 1.165) is 11.1 Å². The highest BCUT2D eigenvalue weighted by Gasteiger charge is 2.07. The minimum atomic E-state index is -0.214. The molecule has 0 saturated carbocycles. The van der Waals surface area contributed by atoms with Crippen LogP contribution in [0.25, 0.3) is 0 Å². The van der Waals surface area contributed by atoms with Crippen LogP contribution in [0.4, 0.5) is 4.39 Å². The molecule has 0 aliphatic rings. The summed E-state index contributed by atoms with van der Waals surface area (Å²) in [5.74, 6) is -0.0140. The van der Waals surface area contributed by atoms with E-state index in [2.05, 4.69) is 6.58 Å². The van der Waals surface area contributed by atoms with E-state index in [-0.39, 0.29) is 11.7 Å². The fraction of sp³-hybridized carbons (Fsp3) is 0.273. The molecule has 1 aromatic rings. The van der Waals surface area contributed by atoms with Crippen LogP contribution in [0.15, 0.2) is 36.4 Å². The van der Waals surface area contributed by atoms with E-state index in [0.29, 0.717) is 6.54 Å². The maximum absolute atomic E-state index is 12.6. The van der Waals surface area contributed by atoms with E-state index < -0.39 is 0 Å². The van der Waals surface area contributed by atoms with E-state index >= 15 is 0 Å². The van der Waals surface area contributed by atoms with Crippen molar-refractivity contribution in [2.24, 2.45) is 5.73 Å². The van der Waals surface area contributed by atoms with E-state index in [1.54, 1.807) is 12.1 Å². The molecule has 1 aromatic carbocycles. The first-order valence-electron chi connectivity index (χ1n) is 4.28. The Balaban J connectivity index is 2.83. The Labute approximate surface area is 78.1 Å². The van der Waals surface area contributed by atoms with Gasteiger partial charge in [0, 0.05) is 12.5 Å². The van der Waals surface area contributed by atoms with Crippen LogP contribution in [0.2, 0.25) is 0 Å². The van der Waals surface area contributed by atoms with Gasteiger partial charge in [0.1, 0.15) is 5.82 Å². The first-order valence-corrected chi connectivity index (χ1v) is 4.28. The quantitative estimate of drug-likeness (QED) is 0.708. The van der Waals surface area contributed by atoms with Crippen molar-refractivity contribution in [3.05, 3.63) is 47.8 Å². The lowest BCUT2D eigenvalue weighted by Gasteiger charge is -2.13. The summed E-state index contributed by atoms with van der Waals surface area (Å²) in [7, 11) is 0. The van der Waals surface area contributed by atoms with Gasteiger partial charge >= 0.3 is 0 Å². The van der Waals surface area contributed by atoms with Gasteiger partial charge in [-0.3, -0.25) is 0 Å². The first kappa shape index (κ1) is 9.93. The van der Waals surface area contributed by atoms with Gasteiger partial charge in [-0.2, -0.15) is 0 Å². The highest BCUT2D eigenvalue weighted by atomic mass is 19.1. The second kappa shape index (κ2) is 4.19. The molecule has 0 heterocycles. The summed E-state index contributed by atoms with van der Waals surface area (Å²) >= 11 is 0. The van der Waals surface area contributed by atoms with Crippen molar-refractivity contribution in [1.82, 2.24) is 0 Å². The number of rotatable bonds is 3. The molecular weight excluding hydrogens is 165 g/mol. The molecule has 0 radical (unpaired) electrons. The fourth-order valence-electron chi connectivity index (χ4n) is 1.16.